The van der Waals surface area contributed by atoms with Crippen molar-refractivity contribution in [1.29, 1.82) is 0 Å². The molecule has 0 nitrogen and oxygen atoms in total. The molecule has 0 amide bonds. The third-order valence-corrected chi connectivity index (χ3v) is 1.97. The number of unbranched alkanes of at least 4 members (excludes halogenated alkanes) is 5. The lowest BCUT2D eigenvalue weighted by atomic mass is 10.1. The molecule has 0 rings (SSSR count). The van der Waals surface area contributed by atoms with Gasteiger partial charge in [0.1, 0.15) is 0 Å². The summed E-state index contributed by atoms with van der Waals surface area (Å²) < 4.78 is 0. The summed E-state index contributed by atoms with van der Waals surface area (Å²) in [6, 6.07) is 0. The first-order valence-electron chi connectivity index (χ1n) is 5.63. The van der Waals surface area contributed by atoms with Crippen LogP contribution < -0.4 is 0 Å². The van der Waals surface area contributed by atoms with E-state index >= 15 is 0 Å². The Labute approximate surface area is 83.7 Å². The summed E-state index contributed by atoms with van der Waals surface area (Å²) in [5.41, 5.74) is 0. The highest BCUT2D eigenvalue weighted by Crippen LogP contribution is 2.02. The molecule has 0 aliphatic heterocycles. The molecule has 0 unspecified atom stereocenters. The maximum absolute atomic E-state index is 3.23. The largest absolute Gasteiger partial charge is 0.0845 e. The zero-order valence-corrected chi connectivity index (χ0v) is 9.18. The molecule has 0 aromatic rings. The molecule has 0 aromatic heterocycles. The van der Waals surface area contributed by atoms with E-state index in [1.54, 1.807) is 0 Å². The molecule has 0 saturated heterocycles. The van der Waals surface area contributed by atoms with Gasteiger partial charge >= 0.3 is 0 Å². The second-order valence-electron chi connectivity index (χ2n) is 3.40. The van der Waals surface area contributed by atoms with Crippen molar-refractivity contribution in [2.75, 3.05) is 0 Å². The summed E-state index contributed by atoms with van der Waals surface area (Å²) in [5, 5.41) is 0. The van der Waals surface area contributed by atoms with E-state index in [-0.39, 0.29) is 0 Å². The van der Waals surface area contributed by atoms with Crippen molar-refractivity contribution in [3.8, 4) is 0 Å². The molecule has 75 valence electrons. The van der Waals surface area contributed by atoms with Gasteiger partial charge in [0.25, 0.3) is 0 Å². The van der Waals surface area contributed by atoms with Crippen molar-refractivity contribution in [2.24, 2.45) is 0 Å². The van der Waals surface area contributed by atoms with Gasteiger partial charge in [0, 0.05) is 0 Å². The van der Waals surface area contributed by atoms with Gasteiger partial charge in [0.15, 0.2) is 0 Å². The highest BCUT2D eigenvalue weighted by Gasteiger charge is 1.82. The van der Waals surface area contributed by atoms with E-state index in [9.17, 15) is 0 Å². The van der Waals surface area contributed by atoms with Crippen LogP contribution in [0.25, 0.3) is 0 Å². The van der Waals surface area contributed by atoms with E-state index in [1.165, 1.54) is 38.5 Å². The van der Waals surface area contributed by atoms with Gasteiger partial charge in [0.2, 0.25) is 0 Å². The van der Waals surface area contributed by atoms with Crippen molar-refractivity contribution in [1.82, 2.24) is 0 Å². The minimum absolute atomic E-state index is 1.08. The van der Waals surface area contributed by atoms with Crippen molar-refractivity contribution >= 4 is 0 Å². The van der Waals surface area contributed by atoms with Crippen molar-refractivity contribution < 1.29 is 0 Å². The van der Waals surface area contributed by atoms with Gasteiger partial charge in [-0.2, -0.15) is 0 Å². The molecule has 0 N–H and O–H groups in total. The quantitative estimate of drug-likeness (QED) is 0.375. The number of hydrogen-bond acceptors (Lipinski definition) is 0. The van der Waals surface area contributed by atoms with Gasteiger partial charge < -0.3 is 0 Å². The Bertz CT molecular complexity index is 131. The third kappa shape index (κ3) is 11.5. The Hall–Kier alpha value is -0.520. The second kappa shape index (κ2) is 11.5. The van der Waals surface area contributed by atoms with Crippen molar-refractivity contribution in [2.45, 2.75) is 58.8 Å². The molecule has 0 bridgehead atoms. The minimum atomic E-state index is 1.08. The van der Waals surface area contributed by atoms with Crippen LogP contribution in [0, 0.1) is 6.08 Å². The minimum Gasteiger partial charge on any atom is -0.0845 e. The summed E-state index contributed by atoms with van der Waals surface area (Å²) in [6.07, 6.45) is 18.6. The van der Waals surface area contributed by atoms with Crippen LogP contribution in [0.5, 0.6) is 0 Å². The first kappa shape index (κ1) is 12.5. The number of rotatable bonds is 8. The zero-order valence-electron chi connectivity index (χ0n) is 9.18. The van der Waals surface area contributed by atoms with Crippen LogP contribution >= 0.6 is 0 Å². The van der Waals surface area contributed by atoms with E-state index in [4.69, 9.17) is 0 Å². The normalized spacial score (nSPS) is 11.8. The maximum atomic E-state index is 3.23. The highest BCUT2D eigenvalue weighted by molar-refractivity contribution is 4.98. The fourth-order valence-electron chi connectivity index (χ4n) is 1.15. The fraction of sp³-hybridized carbons (Fsp3) is 0.692. The molecule has 0 atom stereocenters. The van der Waals surface area contributed by atoms with Crippen LogP contribution in [0.15, 0.2) is 18.2 Å². The topological polar surface area (TPSA) is 0 Å². The molecule has 0 spiro atoms. The SMILES string of the molecule is CCC/[C]=C/C=CCCCCCC. The van der Waals surface area contributed by atoms with Gasteiger partial charge in [-0.3, -0.25) is 0 Å². The second-order valence-corrected chi connectivity index (χ2v) is 3.40. The third-order valence-electron chi connectivity index (χ3n) is 1.97. The highest BCUT2D eigenvalue weighted by atomic mass is 13.9. The Kier molecular flexibility index (Phi) is 11.0. The molecule has 0 aliphatic rings. The lowest BCUT2D eigenvalue weighted by molar-refractivity contribution is 0.674. The lowest BCUT2D eigenvalue weighted by Gasteiger charge is -1.92. The van der Waals surface area contributed by atoms with E-state index in [2.05, 4.69) is 32.1 Å². The Morgan fingerprint density at radius 3 is 2.54 bits per heavy atom. The van der Waals surface area contributed by atoms with Crippen molar-refractivity contribution in [3.63, 3.8) is 0 Å². The van der Waals surface area contributed by atoms with Crippen molar-refractivity contribution in [3.05, 3.63) is 24.3 Å². The van der Waals surface area contributed by atoms with E-state index in [0.717, 1.165) is 6.42 Å². The summed E-state index contributed by atoms with van der Waals surface area (Å²) >= 11 is 0. The van der Waals surface area contributed by atoms with Crippen LogP contribution in [0.4, 0.5) is 0 Å². The van der Waals surface area contributed by atoms with Crippen LogP contribution in [0.2, 0.25) is 0 Å². The van der Waals surface area contributed by atoms with Gasteiger partial charge in [-0.15, -0.1) is 0 Å². The van der Waals surface area contributed by atoms with Gasteiger partial charge in [-0.1, -0.05) is 57.8 Å². The first-order chi connectivity index (χ1) is 6.41. The van der Waals surface area contributed by atoms with E-state index in [0.29, 0.717) is 0 Å². The molecule has 1 radical (unpaired) electrons. The van der Waals surface area contributed by atoms with Crippen LogP contribution in [0.1, 0.15) is 58.8 Å². The average Bonchev–Trinajstić information content (AvgIpc) is 2.16. The summed E-state index contributed by atoms with van der Waals surface area (Å²) in [5.74, 6) is 0. The van der Waals surface area contributed by atoms with Gasteiger partial charge in [-0.05, 0) is 25.3 Å². The van der Waals surface area contributed by atoms with Crippen LogP contribution in [-0.4, -0.2) is 0 Å². The van der Waals surface area contributed by atoms with Gasteiger partial charge in [0.05, 0.1) is 0 Å². The summed E-state index contributed by atoms with van der Waals surface area (Å²) in [6.45, 7) is 4.42. The van der Waals surface area contributed by atoms with E-state index in [1.807, 2.05) is 6.08 Å². The monoisotopic (exact) mass is 179 g/mol. The standard InChI is InChI=1S/C13H23/c1-3-5-7-9-11-13-12-10-8-6-4-2/h10,12-13H,3-7,9,11H2,1-2H3. The Morgan fingerprint density at radius 1 is 1.00 bits per heavy atom. The molecular weight excluding hydrogens is 156 g/mol. The molecule has 0 heteroatoms. The van der Waals surface area contributed by atoms with Gasteiger partial charge in [-0.25, -0.2) is 0 Å². The molecule has 0 aromatic carbocycles. The fourth-order valence-corrected chi connectivity index (χ4v) is 1.15. The Balaban J connectivity index is 3.12. The number of hydrogen-bond donors (Lipinski definition) is 0. The molecule has 0 aliphatic carbocycles. The molecular formula is C13H23. The molecule has 13 heavy (non-hydrogen) atoms. The number of allylic oxidation sites excluding steroid dienone is 4. The smallest absolute Gasteiger partial charge is 0.0279 e. The summed E-state index contributed by atoms with van der Waals surface area (Å²) in [7, 11) is 0. The molecule has 0 fully saturated rings. The predicted molar refractivity (Wildman–Crippen MR) is 60.6 cm³/mol. The van der Waals surface area contributed by atoms with Crippen LogP contribution in [0.3, 0.4) is 0 Å². The van der Waals surface area contributed by atoms with Crippen LogP contribution in [-0.2, 0) is 0 Å². The average molecular weight is 179 g/mol. The Morgan fingerprint density at radius 2 is 1.85 bits per heavy atom. The zero-order chi connectivity index (χ0) is 9.78. The molecule has 0 heterocycles. The predicted octanol–water partition coefficient (Wildman–Crippen LogP) is 4.67. The first-order valence-corrected chi connectivity index (χ1v) is 5.63. The van der Waals surface area contributed by atoms with E-state index < -0.39 is 0 Å². The maximum Gasteiger partial charge on any atom is -0.0279 e. The lowest BCUT2D eigenvalue weighted by Crippen LogP contribution is -1.73. The summed E-state index contributed by atoms with van der Waals surface area (Å²) in [4.78, 5) is 0. The molecule has 0 saturated carbocycles.